The van der Waals surface area contributed by atoms with E-state index in [9.17, 15) is 19.2 Å². The van der Waals surface area contributed by atoms with E-state index < -0.39 is 18.0 Å². The fourth-order valence-electron chi connectivity index (χ4n) is 3.67. The van der Waals surface area contributed by atoms with Crippen LogP contribution >= 0.6 is 0 Å². The van der Waals surface area contributed by atoms with Crippen LogP contribution in [0.5, 0.6) is 0 Å². The fourth-order valence-corrected chi connectivity index (χ4v) is 3.67. The first-order valence-corrected chi connectivity index (χ1v) is 10.6. The van der Waals surface area contributed by atoms with Crippen molar-refractivity contribution < 1.29 is 19.2 Å². The maximum Gasteiger partial charge on any atom is 0.321 e. The molecule has 168 valence electrons. The van der Waals surface area contributed by atoms with E-state index in [0.717, 1.165) is 6.42 Å². The van der Waals surface area contributed by atoms with Gasteiger partial charge in [0.2, 0.25) is 11.8 Å². The number of urea groups is 2. The number of rotatable bonds is 4. The van der Waals surface area contributed by atoms with Crippen LogP contribution in [0.4, 0.5) is 15.3 Å². The largest absolute Gasteiger partial charge is 0.354 e. The van der Waals surface area contributed by atoms with Gasteiger partial charge in [0.05, 0.1) is 6.54 Å². The van der Waals surface area contributed by atoms with Crippen molar-refractivity contribution in [2.24, 2.45) is 0 Å². The molecule has 10 nitrogen and oxygen atoms in total. The van der Waals surface area contributed by atoms with Crippen LogP contribution in [-0.4, -0.2) is 78.0 Å². The molecule has 10 heteroatoms. The van der Waals surface area contributed by atoms with Crippen LogP contribution in [0.1, 0.15) is 26.7 Å². The maximum atomic E-state index is 13.1. The SMILES string of the molecule is CC(C)NC(=O)N1CCN(C(=O)Nc2ccccc2)C[C@H]1C(=O)N[C@@H]1CCCNC1=O. The summed E-state index contributed by atoms with van der Waals surface area (Å²) in [5, 5.41) is 11.1. The molecule has 2 aliphatic heterocycles. The number of nitrogens with zero attached hydrogens (tertiary/aromatic N) is 2. The van der Waals surface area contributed by atoms with E-state index in [1.165, 1.54) is 9.80 Å². The number of para-hydroxylation sites is 1. The second-order valence-corrected chi connectivity index (χ2v) is 8.05. The summed E-state index contributed by atoms with van der Waals surface area (Å²) in [4.78, 5) is 53.5. The number of hydrogen-bond donors (Lipinski definition) is 4. The van der Waals surface area contributed by atoms with Crippen molar-refractivity contribution in [3.63, 3.8) is 0 Å². The summed E-state index contributed by atoms with van der Waals surface area (Å²) >= 11 is 0. The zero-order valence-corrected chi connectivity index (χ0v) is 17.9. The van der Waals surface area contributed by atoms with Gasteiger partial charge in [-0.25, -0.2) is 9.59 Å². The van der Waals surface area contributed by atoms with E-state index in [4.69, 9.17) is 0 Å². The zero-order chi connectivity index (χ0) is 22.4. The van der Waals surface area contributed by atoms with E-state index >= 15 is 0 Å². The van der Waals surface area contributed by atoms with Crippen molar-refractivity contribution >= 4 is 29.6 Å². The van der Waals surface area contributed by atoms with Crippen LogP contribution in [0.15, 0.2) is 30.3 Å². The van der Waals surface area contributed by atoms with E-state index in [-0.39, 0.29) is 43.6 Å². The highest BCUT2D eigenvalue weighted by Gasteiger charge is 2.38. The fraction of sp³-hybridized carbons (Fsp3) is 0.524. The average Bonchev–Trinajstić information content (AvgIpc) is 2.75. The predicted octanol–water partition coefficient (Wildman–Crippen LogP) is 0.718. The van der Waals surface area contributed by atoms with Crippen molar-refractivity contribution in [2.45, 2.75) is 44.8 Å². The van der Waals surface area contributed by atoms with Crippen molar-refractivity contribution in [3.8, 4) is 0 Å². The molecule has 1 aromatic rings. The van der Waals surface area contributed by atoms with Crippen LogP contribution in [0.2, 0.25) is 0 Å². The quantitative estimate of drug-likeness (QED) is 0.562. The topological polar surface area (TPSA) is 123 Å². The molecule has 2 fully saturated rings. The zero-order valence-electron chi connectivity index (χ0n) is 17.9. The molecule has 0 unspecified atom stereocenters. The molecular weight excluding hydrogens is 400 g/mol. The maximum absolute atomic E-state index is 13.1. The number of carbonyl (C=O) groups is 4. The summed E-state index contributed by atoms with van der Waals surface area (Å²) in [5.41, 5.74) is 0.646. The number of carbonyl (C=O) groups excluding carboxylic acids is 4. The molecule has 2 atom stereocenters. The Balaban J connectivity index is 1.71. The number of hydrogen-bond acceptors (Lipinski definition) is 4. The van der Waals surface area contributed by atoms with Crippen molar-refractivity contribution in [2.75, 3.05) is 31.5 Å². The van der Waals surface area contributed by atoms with E-state index in [2.05, 4.69) is 21.3 Å². The van der Waals surface area contributed by atoms with Gasteiger partial charge < -0.3 is 31.1 Å². The third kappa shape index (κ3) is 5.87. The third-order valence-corrected chi connectivity index (χ3v) is 5.27. The Morgan fingerprint density at radius 1 is 1.10 bits per heavy atom. The molecule has 2 saturated heterocycles. The summed E-state index contributed by atoms with van der Waals surface area (Å²) in [6.45, 7) is 4.79. The lowest BCUT2D eigenvalue weighted by atomic mass is 10.1. The minimum Gasteiger partial charge on any atom is -0.354 e. The third-order valence-electron chi connectivity index (χ3n) is 5.27. The summed E-state index contributed by atoms with van der Waals surface area (Å²) in [6, 6.07) is 6.68. The normalized spacial score (nSPS) is 21.3. The smallest absolute Gasteiger partial charge is 0.321 e. The Kier molecular flexibility index (Phi) is 7.32. The van der Waals surface area contributed by atoms with Gasteiger partial charge in [0.25, 0.3) is 0 Å². The molecule has 0 bridgehead atoms. The molecule has 6 amide bonds. The van der Waals surface area contributed by atoms with E-state index in [1.807, 2.05) is 32.0 Å². The van der Waals surface area contributed by atoms with Crippen LogP contribution < -0.4 is 21.3 Å². The van der Waals surface area contributed by atoms with Gasteiger partial charge in [-0.05, 0) is 38.8 Å². The molecule has 2 heterocycles. The molecular formula is C21H30N6O4. The Hall–Kier alpha value is -3.30. The lowest BCUT2D eigenvalue weighted by molar-refractivity contribution is -0.133. The first kappa shape index (κ1) is 22.4. The minimum absolute atomic E-state index is 0.0321. The summed E-state index contributed by atoms with van der Waals surface area (Å²) in [6.07, 6.45) is 1.31. The molecule has 0 spiro atoms. The van der Waals surface area contributed by atoms with Crippen molar-refractivity contribution in [1.82, 2.24) is 25.8 Å². The molecule has 31 heavy (non-hydrogen) atoms. The van der Waals surface area contributed by atoms with E-state index in [1.54, 1.807) is 12.1 Å². The number of benzene rings is 1. The van der Waals surface area contributed by atoms with Gasteiger partial charge in [-0.15, -0.1) is 0 Å². The summed E-state index contributed by atoms with van der Waals surface area (Å²) in [5.74, 6) is -0.676. The van der Waals surface area contributed by atoms with Crippen molar-refractivity contribution in [3.05, 3.63) is 30.3 Å². The predicted molar refractivity (Wildman–Crippen MR) is 115 cm³/mol. The van der Waals surface area contributed by atoms with Crippen LogP contribution in [0.25, 0.3) is 0 Å². The standard InChI is InChI=1S/C21H30N6O4/c1-14(2)23-21(31)27-12-11-26(20(30)24-15-7-4-3-5-8-15)13-17(27)19(29)25-16-9-6-10-22-18(16)28/h3-5,7-8,14,16-17H,6,9-13H2,1-2H3,(H,22,28)(H,23,31)(H,24,30)(H,25,29)/t16-,17+/m1/s1. The monoisotopic (exact) mass is 430 g/mol. The first-order chi connectivity index (χ1) is 14.8. The summed E-state index contributed by atoms with van der Waals surface area (Å²) in [7, 11) is 0. The molecule has 0 saturated carbocycles. The lowest BCUT2D eigenvalue weighted by Gasteiger charge is -2.41. The highest BCUT2D eigenvalue weighted by Crippen LogP contribution is 2.15. The minimum atomic E-state index is -0.899. The van der Waals surface area contributed by atoms with Gasteiger partial charge >= 0.3 is 12.1 Å². The lowest BCUT2D eigenvalue weighted by Crippen LogP contribution is -2.65. The van der Waals surface area contributed by atoms with Gasteiger partial charge in [0, 0.05) is 31.4 Å². The first-order valence-electron chi connectivity index (χ1n) is 10.6. The number of piperazine rings is 1. The molecule has 1 aromatic carbocycles. The Morgan fingerprint density at radius 3 is 2.52 bits per heavy atom. The van der Waals surface area contributed by atoms with E-state index in [0.29, 0.717) is 18.7 Å². The van der Waals surface area contributed by atoms with Crippen LogP contribution in [-0.2, 0) is 9.59 Å². The second kappa shape index (κ2) is 10.1. The number of piperidine rings is 1. The van der Waals surface area contributed by atoms with Crippen LogP contribution in [0.3, 0.4) is 0 Å². The Bertz CT molecular complexity index is 815. The van der Waals surface area contributed by atoms with Crippen LogP contribution in [0, 0.1) is 0 Å². The molecule has 2 aliphatic rings. The molecule has 3 rings (SSSR count). The van der Waals surface area contributed by atoms with Gasteiger partial charge in [0.15, 0.2) is 0 Å². The number of amides is 6. The average molecular weight is 431 g/mol. The summed E-state index contributed by atoms with van der Waals surface area (Å²) < 4.78 is 0. The second-order valence-electron chi connectivity index (χ2n) is 8.05. The Labute approximate surface area is 181 Å². The highest BCUT2D eigenvalue weighted by atomic mass is 16.2. The van der Waals surface area contributed by atoms with Gasteiger partial charge in [-0.3, -0.25) is 9.59 Å². The highest BCUT2D eigenvalue weighted by molar-refractivity contribution is 5.94. The molecule has 0 aromatic heterocycles. The number of nitrogens with one attached hydrogen (secondary N) is 4. The van der Waals surface area contributed by atoms with Gasteiger partial charge in [-0.1, -0.05) is 18.2 Å². The van der Waals surface area contributed by atoms with Gasteiger partial charge in [0.1, 0.15) is 12.1 Å². The number of anilines is 1. The molecule has 0 radical (unpaired) electrons. The molecule has 4 N–H and O–H groups in total. The van der Waals surface area contributed by atoms with Crippen molar-refractivity contribution in [1.29, 1.82) is 0 Å². The molecule has 0 aliphatic carbocycles. The Morgan fingerprint density at radius 2 is 1.84 bits per heavy atom. The van der Waals surface area contributed by atoms with Gasteiger partial charge in [-0.2, -0.15) is 0 Å².